The van der Waals surface area contributed by atoms with Crippen LogP contribution in [0.5, 0.6) is 11.5 Å². The van der Waals surface area contributed by atoms with Crippen molar-refractivity contribution in [1.82, 2.24) is 9.88 Å². The van der Waals surface area contributed by atoms with E-state index >= 15 is 0 Å². The number of imide groups is 1. The number of carbonyl (C=O) groups is 2. The number of nitrogens with one attached hydrogen (secondary N) is 1. The third-order valence-corrected chi connectivity index (χ3v) is 7.45. The molecule has 1 fully saturated rings. The summed E-state index contributed by atoms with van der Waals surface area (Å²) in [5, 5.41) is 1.04. The minimum absolute atomic E-state index is 0.181. The van der Waals surface area contributed by atoms with Gasteiger partial charge in [-0.15, -0.1) is 0 Å². The number of benzene rings is 3. The molecule has 3 heterocycles. The topological polar surface area (TPSA) is 74.9 Å². The minimum Gasteiger partial charge on any atom is -0.496 e. The van der Waals surface area contributed by atoms with Crippen molar-refractivity contribution in [3.63, 3.8) is 0 Å². The minimum atomic E-state index is -1.19. The molecule has 3 amide bonds. The Morgan fingerprint density at radius 3 is 2.44 bits per heavy atom. The van der Waals surface area contributed by atoms with Crippen LogP contribution in [0.3, 0.4) is 0 Å². The standard InChI is InChI=1S/C29H27N3O4/c1-4-36-24-16-10-8-14-22(24)32-27(33)29(2)26-25(19-12-5-7-13-21(19)30-26)20(17-31(29)28(32)34)18-11-6-9-15-23(18)35-3/h5-16,20,30H,4,17H2,1-3H3/t20-,29-/m0/s1. The lowest BCUT2D eigenvalue weighted by Crippen LogP contribution is -2.50. The Labute approximate surface area is 209 Å². The van der Waals surface area contributed by atoms with Gasteiger partial charge in [-0.05, 0) is 43.7 Å². The number of hydrogen-bond donors (Lipinski definition) is 1. The van der Waals surface area contributed by atoms with Crippen LogP contribution in [0.15, 0.2) is 72.8 Å². The van der Waals surface area contributed by atoms with Crippen molar-refractivity contribution in [2.75, 3.05) is 25.2 Å². The van der Waals surface area contributed by atoms with Crippen LogP contribution in [-0.2, 0) is 10.3 Å². The number of methoxy groups -OCH3 is 1. The van der Waals surface area contributed by atoms with Gasteiger partial charge in [0.25, 0.3) is 5.91 Å². The smallest absolute Gasteiger partial charge is 0.332 e. The molecule has 36 heavy (non-hydrogen) atoms. The van der Waals surface area contributed by atoms with Gasteiger partial charge in [0.15, 0.2) is 5.54 Å². The number of fused-ring (bicyclic) bond motifs is 5. The molecule has 2 atom stereocenters. The molecule has 1 saturated heterocycles. The third-order valence-electron chi connectivity index (χ3n) is 7.45. The van der Waals surface area contributed by atoms with Crippen molar-refractivity contribution in [2.45, 2.75) is 25.3 Å². The lowest BCUT2D eigenvalue weighted by Gasteiger charge is -2.40. The zero-order valence-electron chi connectivity index (χ0n) is 20.4. The maximum Gasteiger partial charge on any atom is 0.332 e. The lowest BCUT2D eigenvalue weighted by molar-refractivity contribution is -0.125. The third kappa shape index (κ3) is 2.92. The van der Waals surface area contributed by atoms with Crippen molar-refractivity contribution < 1.29 is 19.1 Å². The second-order valence-corrected chi connectivity index (χ2v) is 9.26. The van der Waals surface area contributed by atoms with E-state index in [9.17, 15) is 9.59 Å². The molecule has 1 aromatic heterocycles. The number of carbonyl (C=O) groups excluding carboxylic acids is 2. The lowest BCUT2D eigenvalue weighted by atomic mass is 9.78. The average Bonchev–Trinajstić information content (AvgIpc) is 3.38. The van der Waals surface area contributed by atoms with Gasteiger partial charge in [-0.3, -0.25) is 4.79 Å². The molecule has 2 aliphatic rings. The van der Waals surface area contributed by atoms with Gasteiger partial charge < -0.3 is 19.4 Å². The van der Waals surface area contributed by atoms with Crippen LogP contribution in [-0.4, -0.2) is 42.1 Å². The largest absolute Gasteiger partial charge is 0.496 e. The summed E-state index contributed by atoms with van der Waals surface area (Å²) in [6.07, 6.45) is 0. The Morgan fingerprint density at radius 1 is 0.972 bits per heavy atom. The number of aromatic amines is 1. The van der Waals surface area contributed by atoms with Gasteiger partial charge in [0, 0.05) is 28.9 Å². The van der Waals surface area contributed by atoms with Crippen LogP contribution >= 0.6 is 0 Å². The fraction of sp³-hybridized carbons (Fsp3) is 0.241. The molecule has 2 aliphatic heterocycles. The summed E-state index contributed by atoms with van der Waals surface area (Å²) < 4.78 is 11.5. The second-order valence-electron chi connectivity index (χ2n) is 9.26. The Bertz CT molecular complexity index is 1510. The molecule has 0 radical (unpaired) electrons. The number of rotatable bonds is 5. The first-order valence-electron chi connectivity index (χ1n) is 12.1. The summed E-state index contributed by atoms with van der Waals surface area (Å²) in [6.45, 7) is 4.48. The quantitative estimate of drug-likeness (QED) is 0.387. The first-order chi connectivity index (χ1) is 17.5. The van der Waals surface area contributed by atoms with Crippen LogP contribution in [0.25, 0.3) is 10.9 Å². The maximum atomic E-state index is 14.2. The Morgan fingerprint density at radius 2 is 1.67 bits per heavy atom. The van der Waals surface area contributed by atoms with E-state index in [1.54, 1.807) is 24.1 Å². The summed E-state index contributed by atoms with van der Waals surface area (Å²) in [7, 11) is 1.65. The van der Waals surface area contributed by atoms with Crippen molar-refractivity contribution in [3.05, 3.63) is 89.6 Å². The molecule has 0 spiro atoms. The SMILES string of the molecule is CCOc1ccccc1N1C(=O)N2C[C@@H](c3ccccc3OC)c3c([nH]c4ccccc34)[C@@]2(C)C1=O. The highest BCUT2D eigenvalue weighted by atomic mass is 16.5. The summed E-state index contributed by atoms with van der Waals surface area (Å²) in [4.78, 5) is 34.7. The molecule has 6 rings (SSSR count). The van der Waals surface area contributed by atoms with Gasteiger partial charge in [0.05, 0.1) is 25.1 Å². The van der Waals surface area contributed by atoms with E-state index in [0.29, 0.717) is 24.6 Å². The van der Waals surface area contributed by atoms with E-state index in [1.165, 1.54) is 4.90 Å². The Kier molecular flexibility index (Phi) is 5.03. The molecule has 0 aliphatic carbocycles. The number of H-pyrrole nitrogens is 1. The van der Waals surface area contributed by atoms with E-state index in [4.69, 9.17) is 9.47 Å². The molecule has 0 unspecified atom stereocenters. The average molecular weight is 482 g/mol. The Balaban J connectivity index is 1.58. The summed E-state index contributed by atoms with van der Waals surface area (Å²) in [6, 6.07) is 22.7. The van der Waals surface area contributed by atoms with E-state index < -0.39 is 5.54 Å². The highest BCUT2D eigenvalue weighted by Gasteiger charge is 2.61. The number of aromatic nitrogens is 1. The molecule has 1 N–H and O–H groups in total. The summed E-state index contributed by atoms with van der Waals surface area (Å²) >= 11 is 0. The van der Waals surface area contributed by atoms with Gasteiger partial charge in [-0.25, -0.2) is 9.69 Å². The second kappa shape index (κ2) is 8.16. The molecule has 7 heteroatoms. The molecular weight excluding hydrogens is 454 g/mol. The monoisotopic (exact) mass is 481 g/mol. The van der Waals surface area contributed by atoms with Crippen molar-refractivity contribution in [2.24, 2.45) is 0 Å². The van der Waals surface area contributed by atoms with Crippen LogP contribution in [0.1, 0.15) is 36.6 Å². The normalized spacial score (nSPS) is 21.0. The van der Waals surface area contributed by atoms with Gasteiger partial charge in [0.1, 0.15) is 11.5 Å². The van der Waals surface area contributed by atoms with E-state index in [1.807, 2.05) is 68.4 Å². The van der Waals surface area contributed by atoms with Gasteiger partial charge in [0.2, 0.25) is 0 Å². The number of ether oxygens (including phenoxy) is 2. The van der Waals surface area contributed by atoms with Crippen molar-refractivity contribution >= 4 is 28.5 Å². The summed E-state index contributed by atoms with van der Waals surface area (Å²) in [5.74, 6) is 0.771. The number of urea groups is 1. The van der Waals surface area contributed by atoms with Crippen molar-refractivity contribution in [1.29, 1.82) is 0 Å². The highest BCUT2D eigenvalue weighted by molar-refractivity contribution is 6.24. The van der Waals surface area contributed by atoms with Gasteiger partial charge in [-0.2, -0.15) is 0 Å². The zero-order chi connectivity index (χ0) is 25.0. The molecule has 4 aromatic rings. The van der Waals surface area contributed by atoms with Crippen LogP contribution in [0, 0.1) is 0 Å². The predicted molar refractivity (Wildman–Crippen MR) is 138 cm³/mol. The maximum absolute atomic E-state index is 14.2. The Hall–Kier alpha value is -4.26. The number of hydrogen-bond acceptors (Lipinski definition) is 4. The van der Waals surface area contributed by atoms with Crippen LogP contribution in [0.2, 0.25) is 0 Å². The van der Waals surface area contributed by atoms with E-state index in [-0.39, 0.29) is 17.9 Å². The van der Waals surface area contributed by atoms with Crippen molar-refractivity contribution in [3.8, 4) is 11.5 Å². The molecule has 182 valence electrons. The molecular formula is C29H27N3O4. The molecule has 3 aromatic carbocycles. The molecule has 7 nitrogen and oxygen atoms in total. The number of para-hydroxylation sites is 4. The van der Waals surface area contributed by atoms with Gasteiger partial charge in [-0.1, -0.05) is 48.5 Å². The van der Waals surface area contributed by atoms with Crippen LogP contribution < -0.4 is 14.4 Å². The molecule has 0 bridgehead atoms. The predicted octanol–water partition coefficient (Wildman–Crippen LogP) is 5.40. The number of amides is 3. The van der Waals surface area contributed by atoms with Crippen LogP contribution in [0.4, 0.5) is 10.5 Å². The first kappa shape index (κ1) is 22.2. The number of nitrogens with zero attached hydrogens (tertiary/aromatic N) is 2. The zero-order valence-corrected chi connectivity index (χ0v) is 20.4. The fourth-order valence-electron chi connectivity index (χ4n) is 5.76. The molecule has 0 saturated carbocycles. The highest BCUT2D eigenvalue weighted by Crippen LogP contribution is 2.52. The van der Waals surface area contributed by atoms with E-state index in [2.05, 4.69) is 11.1 Å². The fourth-order valence-corrected chi connectivity index (χ4v) is 5.76. The van der Waals surface area contributed by atoms with Gasteiger partial charge >= 0.3 is 6.03 Å². The summed E-state index contributed by atoms with van der Waals surface area (Å²) in [5.41, 5.74) is 2.93. The first-order valence-corrected chi connectivity index (χ1v) is 12.1. The number of anilines is 1. The van der Waals surface area contributed by atoms with E-state index in [0.717, 1.165) is 33.5 Å².